The Kier molecular flexibility index (Phi) is 8.85. The summed E-state index contributed by atoms with van der Waals surface area (Å²) in [6.07, 6.45) is 11.8. The average Bonchev–Trinajstić information content (AvgIpc) is 3.99. The number of sulfonamides is 1. The van der Waals surface area contributed by atoms with Crippen LogP contribution in [0.2, 0.25) is 0 Å². The van der Waals surface area contributed by atoms with Gasteiger partial charge in [-0.25, -0.2) is 13.1 Å². The first-order chi connectivity index (χ1) is 22.7. The Morgan fingerprint density at radius 2 is 1.66 bits per heavy atom. The van der Waals surface area contributed by atoms with Crippen LogP contribution in [0, 0.1) is 5.41 Å². The second-order valence-electron chi connectivity index (χ2n) is 14.5. The summed E-state index contributed by atoms with van der Waals surface area (Å²) in [5.41, 5.74) is 4.06. The normalized spacial score (nSPS) is 22.0. The van der Waals surface area contributed by atoms with E-state index in [9.17, 15) is 18.0 Å². The summed E-state index contributed by atoms with van der Waals surface area (Å²) in [6.45, 7) is 2.41. The molecule has 3 saturated carbocycles. The maximum Gasteiger partial charge on any atom is 0.264 e. The smallest absolute Gasteiger partial charge is 0.264 e. The van der Waals surface area contributed by atoms with Crippen molar-refractivity contribution in [2.75, 3.05) is 27.2 Å². The predicted molar refractivity (Wildman–Crippen MR) is 184 cm³/mol. The van der Waals surface area contributed by atoms with E-state index in [4.69, 9.17) is 4.74 Å². The van der Waals surface area contributed by atoms with E-state index < -0.39 is 26.6 Å². The lowest BCUT2D eigenvalue weighted by atomic mass is 9.81. The first-order valence-electron chi connectivity index (χ1n) is 17.5. The molecule has 10 heteroatoms. The number of likely N-dealkylation sites (N-methyl/N-ethyl adjacent to an activating group) is 1. The lowest BCUT2D eigenvalue weighted by Crippen LogP contribution is -2.45. The zero-order chi connectivity index (χ0) is 32.8. The summed E-state index contributed by atoms with van der Waals surface area (Å²) in [5, 5.41) is 4.02. The molecule has 1 unspecified atom stereocenters. The summed E-state index contributed by atoms with van der Waals surface area (Å²) >= 11 is 0. The van der Waals surface area contributed by atoms with E-state index in [1.54, 1.807) is 13.2 Å². The molecule has 47 heavy (non-hydrogen) atoms. The van der Waals surface area contributed by atoms with Crippen molar-refractivity contribution < 1.29 is 22.7 Å². The van der Waals surface area contributed by atoms with Crippen LogP contribution in [0.3, 0.4) is 0 Å². The molecule has 1 aliphatic heterocycles. The maximum atomic E-state index is 14.1. The number of fused-ring (bicyclic) bond motifs is 1. The number of methoxy groups -OCH3 is 1. The minimum atomic E-state index is -3.69. The highest BCUT2D eigenvalue weighted by molar-refractivity contribution is 7.91. The highest BCUT2D eigenvalue weighted by Gasteiger charge is 2.51. The molecule has 7 rings (SSSR count). The molecule has 3 aromatic rings. The molecule has 0 bridgehead atoms. The van der Waals surface area contributed by atoms with Gasteiger partial charge in [-0.3, -0.25) is 9.59 Å². The minimum Gasteiger partial charge on any atom is -0.497 e. The molecule has 4 fully saturated rings. The van der Waals surface area contributed by atoms with Gasteiger partial charge in [-0.15, -0.1) is 0 Å². The molecule has 3 aliphatic carbocycles. The Labute approximate surface area is 278 Å². The fraction of sp³-hybridized carbons (Fsp3) is 0.568. The second-order valence-corrected chi connectivity index (χ2v) is 16.5. The molecule has 0 radical (unpaired) electrons. The zero-order valence-electron chi connectivity index (χ0n) is 27.7. The third-order valence-electron chi connectivity index (χ3n) is 10.9. The number of ether oxygens (including phenoxy) is 1. The standard InChI is InChI=1S/C37H48N4O5S/c1-40-21-7-6-10-28(23-40)38-36(43)37(19-20-37)24-41-32-22-27(35(42)39-47(44,45)30-16-17-30)13-18-31(32)33(25-8-4-3-5-9-25)34(41)26-11-14-29(46-2)15-12-26/h11-15,18,22,25,28,30H,3-10,16-17,19-21,23-24H2,1-2H3,(H,38,43)(H,39,42). The molecule has 9 nitrogen and oxygen atoms in total. The van der Waals surface area contributed by atoms with Gasteiger partial charge in [-0.2, -0.15) is 0 Å². The lowest BCUT2D eigenvalue weighted by molar-refractivity contribution is -0.127. The van der Waals surface area contributed by atoms with E-state index >= 15 is 0 Å². The molecule has 0 spiro atoms. The molecule has 2 N–H and O–H groups in total. The topological polar surface area (TPSA) is 110 Å². The zero-order valence-corrected chi connectivity index (χ0v) is 28.5. The number of hydrogen-bond acceptors (Lipinski definition) is 6. The molecular formula is C37H48N4O5S. The van der Waals surface area contributed by atoms with E-state index in [1.165, 1.54) is 24.8 Å². The molecule has 2 amide bonds. The number of amides is 2. The summed E-state index contributed by atoms with van der Waals surface area (Å²) in [6, 6.07) is 13.9. The third kappa shape index (κ3) is 6.68. The third-order valence-corrected chi connectivity index (χ3v) is 12.8. The highest BCUT2D eigenvalue weighted by Crippen LogP contribution is 2.51. The van der Waals surface area contributed by atoms with Crippen molar-refractivity contribution in [2.24, 2.45) is 5.41 Å². The Morgan fingerprint density at radius 1 is 0.936 bits per heavy atom. The molecular weight excluding hydrogens is 612 g/mol. The quantitative estimate of drug-likeness (QED) is 0.278. The number of nitrogens with one attached hydrogen (secondary N) is 2. The Balaban J connectivity index is 1.33. The van der Waals surface area contributed by atoms with Crippen molar-refractivity contribution in [3.8, 4) is 17.0 Å². The molecule has 1 aromatic heterocycles. The summed E-state index contributed by atoms with van der Waals surface area (Å²) in [5.74, 6) is 0.639. The Morgan fingerprint density at radius 3 is 2.34 bits per heavy atom. The van der Waals surface area contributed by atoms with Crippen LogP contribution < -0.4 is 14.8 Å². The molecule has 252 valence electrons. The molecule has 1 saturated heterocycles. The first-order valence-corrected chi connectivity index (χ1v) is 19.1. The van der Waals surface area contributed by atoms with Gasteiger partial charge >= 0.3 is 0 Å². The molecule has 4 aliphatic rings. The van der Waals surface area contributed by atoms with Gasteiger partial charge in [0.1, 0.15) is 5.75 Å². The minimum absolute atomic E-state index is 0.115. The van der Waals surface area contributed by atoms with Crippen LogP contribution in [0.5, 0.6) is 5.75 Å². The summed E-state index contributed by atoms with van der Waals surface area (Å²) < 4.78 is 35.5. The fourth-order valence-electron chi connectivity index (χ4n) is 7.89. The SMILES string of the molecule is COc1ccc(-c2c(C3CCCCC3)c3ccc(C(=O)NS(=O)(=O)C4CC4)cc3n2CC2(C(=O)NC3CCCCN(C)C3)CC2)cc1. The molecule has 1 atom stereocenters. The largest absolute Gasteiger partial charge is 0.497 e. The van der Waals surface area contributed by atoms with Crippen molar-refractivity contribution in [2.45, 2.75) is 101 Å². The van der Waals surface area contributed by atoms with E-state index in [-0.39, 0.29) is 11.9 Å². The van der Waals surface area contributed by atoms with Gasteiger partial charge in [0.15, 0.2) is 0 Å². The number of aromatic nitrogens is 1. The predicted octanol–water partition coefficient (Wildman–Crippen LogP) is 5.97. The van der Waals surface area contributed by atoms with E-state index in [0.717, 1.165) is 85.9 Å². The van der Waals surface area contributed by atoms with Crippen molar-refractivity contribution in [3.05, 3.63) is 53.6 Å². The Bertz CT molecular complexity index is 1750. The lowest BCUT2D eigenvalue weighted by Gasteiger charge is -2.26. The highest BCUT2D eigenvalue weighted by atomic mass is 32.2. The van der Waals surface area contributed by atoms with Crippen LogP contribution in [0.15, 0.2) is 42.5 Å². The van der Waals surface area contributed by atoms with Crippen LogP contribution in [0.25, 0.3) is 22.2 Å². The second kappa shape index (κ2) is 12.9. The van der Waals surface area contributed by atoms with Gasteiger partial charge < -0.3 is 19.5 Å². The number of carbonyl (C=O) groups is 2. The van der Waals surface area contributed by atoms with E-state index in [2.05, 4.69) is 38.7 Å². The van der Waals surface area contributed by atoms with Gasteiger partial charge in [0.25, 0.3) is 5.91 Å². The van der Waals surface area contributed by atoms with Crippen LogP contribution in [0.1, 0.15) is 98.9 Å². The number of carbonyl (C=O) groups excluding carboxylic acids is 2. The van der Waals surface area contributed by atoms with Crippen LogP contribution in [-0.4, -0.2) is 68.2 Å². The number of nitrogens with zero attached hydrogens (tertiary/aromatic N) is 2. The van der Waals surface area contributed by atoms with E-state index in [0.29, 0.717) is 30.9 Å². The number of likely N-dealkylation sites (tertiary alicyclic amines) is 1. The summed E-state index contributed by atoms with van der Waals surface area (Å²) in [4.78, 5) is 29.8. The van der Waals surface area contributed by atoms with Crippen LogP contribution >= 0.6 is 0 Å². The maximum absolute atomic E-state index is 14.1. The molecule has 2 heterocycles. The van der Waals surface area contributed by atoms with Crippen LogP contribution in [-0.2, 0) is 21.4 Å². The van der Waals surface area contributed by atoms with Gasteiger partial charge in [0, 0.05) is 35.6 Å². The van der Waals surface area contributed by atoms with Crippen molar-refractivity contribution in [1.82, 2.24) is 19.5 Å². The van der Waals surface area contributed by atoms with Gasteiger partial charge in [-0.05, 0) is 118 Å². The average molecular weight is 661 g/mol. The first kappa shape index (κ1) is 32.2. The number of rotatable bonds is 10. The fourth-order valence-corrected chi connectivity index (χ4v) is 9.19. The van der Waals surface area contributed by atoms with Gasteiger partial charge in [-0.1, -0.05) is 31.7 Å². The summed E-state index contributed by atoms with van der Waals surface area (Å²) in [7, 11) is 0.0966. The number of hydrogen-bond donors (Lipinski definition) is 2. The van der Waals surface area contributed by atoms with Crippen molar-refractivity contribution in [1.29, 1.82) is 0 Å². The Hall–Kier alpha value is -3.37. The van der Waals surface area contributed by atoms with Crippen LogP contribution in [0.4, 0.5) is 0 Å². The van der Waals surface area contributed by atoms with Gasteiger partial charge in [0.2, 0.25) is 15.9 Å². The van der Waals surface area contributed by atoms with Crippen molar-refractivity contribution >= 4 is 32.7 Å². The number of benzene rings is 2. The van der Waals surface area contributed by atoms with Crippen molar-refractivity contribution in [3.63, 3.8) is 0 Å². The van der Waals surface area contributed by atoms with E-state index in [1.807, 2.05) is 24.3 Å². The monoisotopic (exact) mass is 660 g/mol. The van der Waals surface area contributed by atoms with Gasteiger partial charge in [0.05, 0.1) is 23.5 Å². The molecule has 2 aromatic carbocycles.